The van der Waals surface area contributed by atoms with Gasteiger partial charge < -0.3 is 49.0 Å². The van der Waals surface area contributed by atoms with Crippen molar-refractivity contribution in [1.29, 1.82) is 0 Å². The summed E-state index contributed by atoms with van der Waals surface area (Å²) in [6, 6.07) is 14.3. The van der Waals surface area contributed by atoms with Crippen molar-refractivity contribution >= 4 is 51.7 Å². The minimum Gasteiger partial charge on any atom is -0.488 e. The summed E-state index contributed by atoms with van der Waals surface area (Å²) in [5.74, 6) is 0.893. The summed E-state index contributed by atoms with van der Waals surface area (Å²) in [6.45, 7) is 17.3. The lowest BCUT2D eigenvalue weighted by atomic mass is 9.85. The topological polar surface area (TPSA) is 216 Å². The van der Waals surface area contributed by atoms with Crippen LogP contribution in [0.25, 0.3) is 32.7 Å². The van der Waals surface area contributed by atoms with Crippen LogP contribution in [0.15, 0.2) is 60.4 Å². The average molecular weight is 1040 g/mol. The molecular formula is C54H72N10O9S. The van der Waals surface area contributed by atoms with Crippen molar-refractivity contribution in [3.8, 4) is 27.6 Å². The molecule has 3 N–H and O–H groups in total. The van der Waals surface area contributed by atoms with Gasteiger partial charge in [0, 0.05) is 50.6 Å². The maximum absolute atomic E-state index is 14.0. The van der Waals surface area contributed by atoms with Crippen molar-refractivity contribution < 1.29 is 42.9 Å². The Morgan fingerprint density at radius 1 is 0.824 bits per heavy atom. The number of hydrogen-bond acceptors (Lipinski definition) is 15. The van der Waals surface area contributed by atoms with Crippen molar-refractivity contribution in [1.82, 2.24) is 45.6 Å². The van der Waals surface area contributed by atoms with Gasteiger partial charge in [0.25, 0.3) is 0 Å². The van der Waals surface area contributed by atoms with E-state index in [2.05, 4.69) is 47.6 Å². The molecule has 2 aliphatic heterocycles. The molecule has 2 saturated heterocycles. The number of benzene rings is 2. The van der Waals surface area contributed by atoms with Gasteiger partial charge in [0.05, 0.1) is 92.6 Å². The number of aryl methyl sites for hydroxylation is 1. The van der Waals surface area contributed by atoms with E-state index in [0.717, 1.165) is 68.4 Å². The Kier molecular flexibility index (Phi) is 18.3. The van der Waals surface area contributed by atoms with E-state index in [0.29, 0.717) is 98.2 Å². The largest absolute Gasteiger partial charge is 0.488 e. The van der Waals surface area contributed by atoms with Crippen molar-refractivity contribution in [2.75, 3.05) is 90.5 Å². The zero-order chi connectivity index (χ0) is 52.2. The Bertz CT molecular complexity index is 2680. The fourth-order valence-corrected chi connectivity index (χ4v) is 9.95. The van der Waals surface area contributed by atoms with Gasteiger partial charge in [-0.3, -0.25) is 24.3 Å². The number of nitrogens with zero attached hydrogens (tertiary/aromatic N) is 7. The molecule has 4 amide bonds. The van der Waals surface area contributed by atoms with Crippen LogP contribution in [0.4, 0.5) is 5.82 Å². The summed E-state index contributed by atoms with van der Waals surface area (Å²) < 4.78 is 28.7. The predicted octanol–water partition coefficient (Wildman–Crippen LogP) is 6.28. The van der Waals surface area contributed by atoms with Crippen LogP contribution in [0.5, 0.6) is 5.75 Å². The van der Waals surface area contributed by atoms with Crippen LogP contribution in [0.2, 0.25) is 0 Å². The Balaban J connectivity index is 0.642. The predicted molar refractivity (Wildman–Crippen MR) is 282 cm³/mol. The average Bonchev–Trinajstić information content (AvgIpc) is 3.75. The number of fused-ring (bicyclic) bond motifs is 1. The second-order valence-electron chi connectivity index (χ2n) is 20.6. The van der Waals surface area contributed by atoms with Gasteiger partial charge >= 0.3 is 0 Å². The first-order chi connectivity index (χ1) is 35.7. The molecule has 19 nitrogen and oxygen atoms in total. The number of likely N-dealkylation sites (tertiary alicyclic amines) is 1. The maximum atomic E-state index is 14.0. The lowest BCUT2D eigenvalue weighted by Crippen LogP contribution is -2.57. The number of amides is 4. The standard InChI is InChI=1S/C54H72N10O9S/c1-36(38-9-11-39(12-10-38)49-37(2)57-35-74-49)58-51(67)44-8-7-19-64(44)52(68)50(53(3,4)5)59-46(65)15-24-69-26-28-71-30-31-72-29-27-70-25-16-47(66)63-22-20-62(21-23-63)45-33-43(55-34-56-45)48-41-32-40(73-54(6)17-18-54)13-14-42(41)60-61-48/h9-14,32-36,44,50H,7-8,15-31H2,1-6H3,(H,58,67)(H,59,65)(H,60,61)/t36-,44-,50+/m0/s1. The minimum atomic E-state index is -0.818. The molecule has 1 saturated carbocycles. The van der Waals surface area contributed by atoms with Crippen molar-refractivity contribution in [2.45, 2.75) is 104 Å². The summed E-state index contributed by atoms with van der Waals surface area (Å²) in [6.07, 6.45) is 5.29. The first kappa shape index (κ1) is 54.2. The highest BCUT2D eigenvalue weighted by Crippen LogP contribution is 2.41. The molecule has 8 rings (SSSR count). The lowest BCUT2D eigenvalue weighted by Gasteiger charge is -2.35. The number of aromatic amines is 1. The molecule has 3 fully saturated rings. The van der Waals surface area contributed by atoms with E-state index in [1.165, 1.54) is 0 Å². The molecule has 3 atom stereocenters. The van der Waals surface area contributed by atoms with E-state index in [1.54, 1.807) is 22.6 Å². The molecule has 3 aliphatic rings. The number of anilines is 1. The Morgan fingerprint density at radius 2 is 1.50 bits per heavy atom. The SMILES string of the molecule is Cc1ncsc1-c1ccc([C@H](C)NC(=O)[C@@H]2CCCN2C(=O)[C@@H](NC(=O)CCOCCOCCOCCOCCC(=O)N2CCN(c3cc(-c4n[nH]c5ccc(OC6(C)CC6)cc45)ncn3)CC2)C(C)(C)C)cc1. The van der Waals surface area contributed by atoms with E-state index in [1.807, 2.05) is 93.6 Å². The van der Waals surface area contributed by atoms with Crippen LogP contribution in [0.1, 0.15) is 90.4 Å². The summed E-state index contributed by atoms with van der Waals surface area (Å²) in [4.78, 5) is 73.8. The highest BCUT2D eigenvalue weighted by Gasteiger charge is 2.42. The summed E-state index contributed by atoms with van der Waals surface area (Å²) in [5, 5.41) is 14.7. The number of carbonyl (C=O) groups excluding carboxylic acids is 4. The van der Waals surface area contributed by atoms with Crippen LogP contribution in [0, 0.1) is 12.3 Å². The van der Waals surface area contributed by atoms with Crippen LogP contribution >= 0.6 is 11.3 Å². The van der Waals surface area contributed by atoms with Gasteiger partial charge in [0.1, 0.15) is 41.3 Å². The number of thiazole rings is 1. The molecule has 0 spiro atoms. The zero-order valence-corrected chi connectivity index (χ0v) is 44.5. The number of carbonyl (C=O) groups is 4. The van der Waals surface area contributed by atoms with Gasteiger partial charge in [-0.2, -0.15) is 5.10 Å². The third-order valence-electron chi connectivity index (χ3n) is 13.8. The highest BCUT2D eigenvalue weighted by molar-refractivity contribution is 7.13. The monoisotopic (exact) mass is 1040 g/mol. The van der Waals surface area contributed by atoms with Gasteiger partial charge in [0.15, 0.2) is 0 Å². The van der Waals surface area contributed by atoms with Gasteiger partial charge in [-0.05, 0) is 81.2 Å². The number of aromatic nitrogens is 5. The molecule has 5 heterocycles. The summed E-state index contributed by atoms with van der Waals surface area (Å²) >= 11 is 1.60. The van der Waals surface area contributed by atoms with Crippen LogP contribution < -0.4 is 20.3 Å². The first-order valence-electron chi connectivity index (χ1n) is 25.9. The second kappa shape index (κ2) is 25.0. The number of piperazine rings is 1. The van der Waals surface area contributed by atoms with E-state index >= 15 is 0 Å². The molecule has 5 aromatic rings. The molecule has 0 bridgehead atoms. The zero-order valence-electron chi connectivity index (χ0n) is 43.7. The van der Waals surface area contributed by atoms with E-state index in [-0.39, 0.29) is 48.3 Å². The molecule has 74 heavy (non-hydrogen) atoms. The van der Waals surface area contributed by atoms with E-state index in [9.17, 15) is 19.2 Å². The molecule has 1 aliphatic carbocycles. The Hall–Kier alpha value is -6.06. The smallest absolute Gasteiger partial charge is 0.246 e. The molecule has 2 aromatic carbocycles. The first-order valence-corrected chi connectivity index (χ1v) is 26.8. The van der Waals surface area contributed by atoms with Gasteiger partial charge in [-0.25, -0.2) is 15.0 Å². The number of H-pyrrole nitrogens is 1. The molecular weight excluding hydrogens is 965 g/mol. The van der Waals surface area contributed by atoms with Crippen molar-refractivity contribution in [3.63, 3.8) is 0 Å². The minimum absolute atomic E-state index is 0.0522. The molecule has 0 unspecified atom stereocenters. The van der Waals surface area contributed by atoms with Gasteiger partial charge in [0.2, 0.25) is 23.6 Å². The summed E-state index contributed by atoms with van der Waals surface area (Å²) in [7, 11) is 0. The quantitative estimate of drug-likeness (QED) is 0.0549. The summed E-state index contributed by atoms with van der Waals surface area (Å²) in [5.41, 5.74) is 6.57. The van der Waals surface area contributed by atoms with Gasteiger partial charge in [-0.15, -0.1) is 11.3 Å². The highest BCUT2D eigenvalue weighted by atomic mass is 32.1. The molecule has 20 heteroatoms. The number of nitrogens with one attached hydrogen (secondary N) is 3. The maximum Gasteiger partial charge on any atom is 0.246 e. The number of rotatable bonds is 25. The van der Waals surface area contributed by atoms with Crippen LogP contribution in [-0.4, -0.2) is 162 Å². The third-order valence-corrected chi connectivity index (χ3v) is 14.8. The lowest BCUT2D eigenvalue weighted by molar-refractivity contribution is -0.144. The Labute approximate surface area is 437 Å². The van der Waals surface area contributed by atoms with Crippen molar-refractivity contribution in [2.24, 2.45) is 5.41 Å². The molecule has 3 aromatic heterocycles. The fraction of sp³-hybridized carbons (Fsp3) is 0.556. The van der Waals surface area contributed by atoms with Crippen LogP contribution in [-0.2, 0) is 38.1 Å². The number of ether oxygens (including phenoxy) is 5. The molecule has 0 radical (unpaired) electrons. The van der Waals surface area contributed by atoms with E-state index < -0.39 is 17.5 Å². The number of hydrogen-bond donors (Lipinski definition) is 3. The Morgan fingerprint density at radius 3 is 2.15 bits per heavy atom. The fourth-order valence-electron chi connectivity index (χ4n) is 9.14. The van der Waals surface area contributed by atoms with Crippen molar-refractivity contribution in [3.05, 3.63) is 71.6 Å². The normalized spacial score (nSPS) is 17.3. The second-order valence-corrected chi connectivity index (χ2v) is 21.4. The third kappa shape index (κ3) is 14.4. The van der Waals surface area contributed by atoms with Crippen LogP contribution in [0.3, 0.4) is 0 Å². The van der Waals surface area contributed by atoms with E-state index in [4.69, 9.17) is 23.7 Å². The molecule has 398 valence electrons. The van der Waals surface area contributed by atoms with Gasteiger partial charge in [-0.1, -0.05) is 45.0 Å².